The van der Waals surface area contributed by atoms with Crippen LogP contribution >= 0.6 is 0 Å². The van der Waals surface area contributed by atoms with E-state index in [2.05, 4.69) is 28.7 Å². The Hall–Kier alpha value is -2.91. The Balaban J connectivity index is 1.58. The molecule has 9 heteroatoms. The van der Waals surface area contributed by atoms with E-state index in [-0.39, 0.29) is 23.5 Å². The smallest absolute Gasteiger partial charge is 0.164 e. The third kappa shape index (κ3) is 3.41. The van der Waals surface area contributed by atoms with Crippen molar-refractivity contribution in [2.45, 2.75) is 32.2 Å². The SMILES string of the molecule is Cc1c(C2CCS(=O)(=O)C2)[nH]c2nc(-c3cccc4[nH]ccc34)nc(N3CCOC[C@H]3C)c12. The lowest BCUT2D eigenvalue weighted by Crippen LogP contribution is -2.44. The highest BCUT2D eigenvalue weighted by atomic mass is 32.2. The van der Waals surface area contributed by atoms with E-state index in [0.29, 0.717) is 25.5 Å². The summed E-state index contributed by atoms with van der Waals surface area (Å²) < 4.78 is 30.0. The molecule has 0 amide bonds. The fourth-order valence-corrected chi connectivity index (χ4v) is 7.08. The molecular formula is C24H27N5O3S. The van der Waals surface area contributed by atoms with Crippen molar-refractivity contribution in [3.05, 3.63) is 41.7 Å². The molecule has 2 atom stereocenters. The van der Waals surface area contributed by atoms with Gasteiger partial charge in [-0.05, 0) is 38.0 Å². The van der Waals surface area contributed by atoms with Gasteiger partial charge in [0.2, 0.25) is 0 Å². The lowest BCUT2D eigenvalue weighted by atomic mass is 10.0. The predicted octanol–water partition coefficient (Wildman–Crippen LogP) is 3.54. The summed E-state index contributed by atoms with van der Waals surface area (Å²) in [5.41, 5.74) is 4.79. The molecular weight excluding hydrogens is 438 g/mol. The molecule has 2 fully saturated rings. The second kappa shape index (κ2) is 7.56. The van der Waals surface area contributed by atoms with Gasteiger partial charge in [-0.25, -0.2) is 18.4 Å². The van der Waals surface area contributed by atoms with E-state index in [1.165, 1.54) is 0 Å². The maximum Gasteiger partial charge on any atom is 0.164 e. The van der Waals surface area contributed by atoms with Gasteiger partial charge in [0.25, 0.3) is 0 Å². The van der Waals surface area contributed by atoms with E-state index in [1.54, 1.807) is 0 Å². The van der Waals surface area contributed by atoms with Crippen LogP contribution in [-0.2, 0) is 14.6 Å². The second-order valence-corrected chi connectivity index (χ2v) is 11.4. The molecule has 1 aromatic carbocycles. The normalized spacial score (nSPS) is 23.0. The minimum Gasteiger partial charge on any atom is -0.377 e. The zero-order valence-electron chi connectivity index (χ0n) is 18.8. The highest BCUT2D eigenvalue weighted by Crippen LogP contribution is 2.39. The number of sulfone groups is 1. The summed E-state index contributed by atoms with van der Waals surface area (Å²) >= 11 is 0. The number of rotatable bonds is 3. The average molecular weight is 466 g/mol. The predicted molar refractivity (Wildman–Crippen MR) is 130 cm³/mol. The van der Waals surface area contributed by atoms with Crippen molar-refractivity contribution in [3.63, 3.8) is 0 Å². The first-order chi connectivity index (χ1) is 15.9. The summed E-state index contributed by atoms with van der Waals surface area (Å²) in [6.45, 7) is 6.25. The molecule has 0 radical (unpaired) electrons. The summed E-state index contributed by atoms with van der Waals surface area (Å²) in [5, 5.41) is 2.05. The van der Waals surface area contributed by atoms with Crippen LogP contribution in [0.3, 0.4) is 0 Å². The molecule has 0 spiro atoms. The number of nitrogens with zero attached hydrogens (tertiary/aromatic N) is 3. The number of anilines is 1. The average Bonchev–Trinajstić information content (AvgIpc) is 3.50. The molecule has 0 aliphatic carbocycles. The minimum atomic E-state index is -2.99. The molecule has 0 bridgehead atoms. The molecule has 0 saturated carbocycles. The Kier molecular flexibility index (Phi) is 4.74. The van der Waals surface area contributed by atoms with Crippen molar-refractivity contribution >= 4 is 37.6 Å². The number of nitrogens with one attached hydrogen (secondary N) is 2. The molecule has 2 aliphatic rings. The van der Waals surface area contributed by atoms with Gasteiger partial charge in [0.1, 0.15) is 11.5 Å². The van der Waals surface area contributed by atoms with Gasteiger partial charge in [-0.15, -0.1) is 0 Å². The molecule has 172 valence electrons. The Morgan fingerprint density at radius 3 is 2.88 bits per heavy atom. The zero-order chi connectivity index (χ0) is 22.7. The van der Waals surface area contributed by atoms with Crippen molar-refractivity contribution < 1.29 is 13.2 Å². The number of aromatic nitrogens is 4. The lowest BCUT2D eigenvalue weighted by molar-refractivity contribution is 0.0987. The van der Waals surface area contributed by atoms with E-state index < -0.39 is 9.84 Å². The number of hydrogen-bond donors (Lipinski definition) is 2. The minimum absolute atomic E-state index is 0.0317. The molecule has 8 nitrogen and oxygen atoms in total. The van der Waals surface area contributed by atoms with Crippen LogP contribution in [0.15, 0.2) is 30.5 Å². The van der Waals surface area contributed by atoms with Gasteiger partial charge in [-0.3, -0.25) is 0 Å². The van der Waals surface area contributed by atoms with Gasteiger partial charge in [0.05, 0.1) is 36.1 Å². The Morgan fingerprint density at radius 1 is 1.21 bits per heavy atom. The maximum absolute atomic E-state index is 12.2. The van der Waals surface area contributed by atoms with Crippen molar-refractivity contribution in [1.29, 1.82) is 0 Å². The second-order valence-electron chi connectivity index (χ2n) is 9.22. The molecule has 1 unspecified atom stereocenters. The number of benzene rings is 1. The Bertz CT molecular complexity index is 1470. The van der Waals surface area contributed by atoms with Crippen molar-refractivity contribution in [2.24, 2.45) is 0 Å². The summed E-state index contributed by atoms with van der Waals surface area (Å²) in [5.74, 6) is 1.95. The van der Waals surface area contributed by atoms with Gasteiger partial charge in [0.15, 0.2) is 15.7 Å². The largest absolute Gasteiger partial charge is 0.377 e. The number of aromatic amines is 2. The number of hydrogen-bond acceptors (Lipinski definition) is 6. The van der Waals surface area contributed by atoms with Crippen molar-refractivity contribution in [1.82, 2.24) is 19.9 Å². The third-order valence-electron chi connectivity index (χ3n) is 7.04. The van der Waals surface area contributed by atoms with Gasteiger partial charge in [0, 0.05) is 40.8 Å². The summed E-state index contributed by atoms with van der Waals surface area (Å²) in [6, 6.07) is 8.32. The zero-order valence-corrected chi connectivity index (χ0v) is 19.6. The van der Waals surface area contributed by atoms with E-state index in [0.717, 1.165) is 51.1 Å². The highest BCUT2D eigenvalue weighted by Gasteiger charge is 2.33. The molecule has 2 N–H and O–H groups in total. The summed E-state index contributed by atoms with van der Waals surface area (Å²) in [6.07, 6.45) is 2.57. The van der Waals surface area contributed by atoms with Crippen molar-refractivity contribution in [3.8, 4) is 11.4 Å². The topological polar surface area (TPSA) is 104 Å². The van der Waals surface area contributed by atoms with Crippen LogP contribution in [0.25, 0.3) is 33.3 Å². The summed E-state index contributed by atoms with van der Waals surface area (Å²) in [4.78, 5) is 19.1. The Morgan fingerprint density at radius 2 is 2.09 bits per heavy atom. The molecule has 2 aliphatic heterocycles. The maximum atomic E-state index is 12.2. The van der Waals surface area contributed by atoms with Gasteiger partial charge < -0.3 is 19.6 Å². The highest BCUT2D eigenvalue weighted by molar-refractivity contribution is 7.91. The van der Waals surface area contributed by atoms with Gasteiger partial charge in [-0.2, -0.15) is 0 Å². The van der Waals surface area contributed by atoms with Crippen molar-refractivity contribution in [2.75, 3.05) is 36.2 Å². The van der Waals surface area contributed by atoms with Crippen LogP contribution in [0.1, 0.15) is 30.5 Å². The summed E-state index contributed by atoms with van der Waals surface area (Å²) in [7, 11) is -2.99. The fraction of sp³-hybridized carbons (Fsp3) is 0.417. The first-order valence-corrected chi connectivity index (χ1v) is 13.2. The third-order valence-corrected chi connectivity index (χ3v) is 8.81. The van der Waals surface area contributed by atoms with E-state index in [1.807, 2.05) is 30.5 Å². The van der Waals surface area contributed by atoms with Crippen LogP contribution in [0.4, 0.5) is 5.82 Å². The molecule has 3 aromatic heterocycles. The molecule has 2 saturated heterocycles. The van der Waals surface area contributed by atoms with E-state index >= 15 is 0 Å². The van der Waals surface area contributed by atoms with Crippen LogP contribution in [0.2, 0.25) is 0 Å². The van der Waals surface area contributed by atoms with Gasteiger partial charge in [-0.1, -0.05) is 12.1 Å². The standard InChI is InChI=1S/C24H27N5O3S/c1-14-12-32-10-9-29(14)24-20-15(2)21(16-7-11-33(30,31)13-16)26-23(20)27-22(28-24)18-4-3-5-19-17(18)6-8-25-19/h3-6,8,14,16,25H,7,9-13H2,1-2H3,(H,26,27,28)/t14-,16?/m1/s1. The molecule has 33 heavy (non-hydrogen) atoms. The van der Waals surface area contributed by atoms with E-state index in [4.69, 9.17) is 14.7 Å². The molecule has 5 heterocycles. The van der Waals surface area contributed by atoms with Crippen LogP contribution < -0.4 is 4.90 Å². The number of fused-ring (bicyclic) bond motifs is 2. The molecule has 4 aromatic rings. The van der Waals surface area contributed by atoms with Crippen LogP contribution in [-0.4, -0.2) is 65.7 Å². The first kappa shape index (κ1) is 20.7. The lowest BCUT2D eigenvalue weighted by Gasteiger charge is -2.35. The molecule has 6 rings (SSSR count). The van der Waals surface area contributed by atoms with Crippen LogP contribution in [0.5, 0.6) is 0 Å². The monoisotopic (exact) mass is 465 g/mol. The van der Waals surface area contributed by atoms with Gasteiger partial charge >= 0.3 is 0 Å². The number of morpholine rings is 1. The number of H-pyrrole nitrogens is 2. The van der Waals surface area contributed by atoms with Crippen LogP contribution in [0, 0.1) is 6.92 Å². The number of aryl methyl sites for hydroxylation is 1. The number of ether oxygens (including phenoxy) is 1. The Labute approximate surface area is 192 Å². The van der Waals surface area contributed by atoms with E-state index in [9.17, 15) is 8.42 Å². The first-order valence-electron chi connectivity index (χ1n) is 11.4. The quantitative estimate of drug-likeness (QED) is 0.480. The fourth-order valence-electron chi connectivity index (χ4n) is 5.32.